The van der Waals surface area contributed by atoms with E-state index in [-0.39, 0.29) is 17.6 Å². The molecular weight excluding hydrogens is 552 g/mol. The number of hydrogen-bond acceptors (Lipinski definition) is 8. The molecule has 0 spiro atoms. The van der Waals surface area contributed by atoms with E-state index in [4.69, 9.17) is 9.47 Å². The van der Waals surface area contributed by atoms with Crippen LogP contribution >= 0.6 is 11.8 Å². The maximum absolute atomic E-state index is 13.1. The summed E-state index contributed by atoms with van der Waals surface area (Å²) in [7, 11) is 3.12. The molecule has 0 saturated carbocycles. The van der Waals surface area contributed by atoms with Crippen LogP contribution in [0.5, 0.6) is 11.5 Å². The van der Waals surface area contributed by atoms with Gasteiger partial charge in [-0.15, -0.1) is 10.2 Å². The fourth-order valence-corrected chi connectivity index (χ4v) is 4.93. The Morgan fingerprint density at radius 1 is 0.857 bits per heavy atom. The Labute approximate surface area is 247 Å². The van der Waals surface area contributed by atoms with Crippen LogP contribution in [0.25, 0.3) is 17.2 Å². The lowest BCUT2D eigenvalue weighted by molar-refractivity contribution is -0.113. The number of nitrogens with zero attached hydrogens (tertiary/aromatic N) is 4. The first-order valence-corrected chi connectivity index (χ1v) is 13.9. The Kier molecular flexibility index (Phi) is 8.78. The summed E-state index contributed by atoms with van der Waals surface area (Å²) in [6, 6.07) is 25.4. The molecule has 2 heterocycles. The zero-order valence-electron chi connectivity index (χ0n) is 23.2. The van der Waals surface area contributed by atoms with Crippen LogP contribution in [0.3, 0.4) is 0 Å². The zero-order chi connectivity index (χ0) is 29.5. The van der Waals surface area contributed by atoms with Crippen LogP contribution in [0.2, 0.25) is 0 Å². The number of thioether (sulfide) groups is 1. The van der Waals surface area contributed by atoms with Crippen molar-refractivity contribution in [3.8, 4) is 28.7 Å². The van der Waals surface area contributed by atoms with Gasteiger partial charge >= 0.3 is 0 Å². The lowest BCUT2D eigenvalue weighted by atomic mass is 10.1. The van der Waals surface area contributed by atoms with Gasteiger partial charge in [-0.2, -0.15) is 0 Å². The second-order valence-corrected chi connectivity index (χ2v) is 10.0. The molecular formula is C31H28N6O4S. The molecule has 0 saturated heterocycles. The van der Waals surface area contributed by atoms with Crippen LogP contribution in [-0.2, 0) is 4.79 Å². The summed E-state index contributed by atoms with van der Waals surface area (Å²) < 4.78 is 12.7. The molecule has 5 rings (SSSR count). The Bertz CT molecular complexity index is 1690. The first-order chi connectivity index (χ1) is 20.5. The minimum atomic E-state index is -0.262. The van der Waals surface area contributed by atoms with E-state index in [1.54, 1.807) is 49.7 Å². The summed E-state index contributed by atoms with van der Waals surface area (Å²) in [6.45, 7) is 1.85. The molecule has 0 aliphatic heterocycles. The number of ether oxygens (including phenoxy) is 2. The summed E-state index contributed by atoms with van der Waals surface area (Å²) in [5.41, 5.74) is 3.83. The van der Waals surface area contributed by atoms with Gasteiger partial charge < -0.3 is 20.1 Å². The summed E-state index contributed by atoms with van der Waals surface area (Å²) in [5.74, 6) is 1.25. The molecule has 0 unspecified atom stereocenters. The van der Waals surface area contributed by atoms with Crippen molar-refractivity contribution < 1.29 is 19.1 Å². The smallest absolute Gasteiger partial charge is 0.255 e. The van der Waals surface area contributed by atoms with Gasteiger partial charge in [-0.3, -0.25) is 19.1 Å². The molecule has 3 aromatic carbocycles. The van der Waals surface area contributed by atoms with Crippen LogP contribution in [-0.4, -0.2) is 51.5 Å². The predicted molar refractivity (Wildman–Crippen MR) is 163 cm³/mol. The zero-order valence-corrected chi connectivity index (χ0v) is 24.0. The highest BCUT2D eigenvalue weighted by molar-refractivity contribution is 7.99. The monoisotopic (exact) mass is 580 g/mol. The molecule has 2 aromatic heterocycles. The largest absolute Gasteiger partial charge is 0.497 e. The minimum Gasteiger partial charge on any atom is -0.497 e. The summed E-state index contributed by atoms with van der Waals surface area (Å²) >= 11 is 1.24. The number of hydrogen-bond donors (Lipinski definition) is 2. The number of methoxy groups -OCH3 is 2. The van der Waals surface area contributed by atoms with E-state index in [0.717, 1.165) is 17.0 Å². The third-order valence-corrected chi connectivity index (χ3v) is 7.22. The van der Waals surface area contributed by atoms with Crippen molar-refractivity contribution >= 4 is 35.0 Å². The van der Waals surface area contributed by atoms with Crippen LogP contribution in [0.1, 0.15) is 15.9 Å². The first-order valence-electron chi connectivity index (χ1n) is 13.0. The van der Waals surface area contributed by atoms with E-state index in [9.17, 15) is 9.59 Å². The Hall–Kier alpha value is -5.16. The van der Waals surface area contributed by atoms with Crippen molar-refractivity contribution in [1.82, 2.24) is 19.7 Å². The molecule has 0 aliphatic carbocycles. The summed E-state index contributed by atoms with van der Waals surface area (Å²) in [6.07, 6.45) is 1.69. The van der Waals surface area contributed by atoms with E-state index in [0.29, 0.717) is 39.4 Å². The molecule has 0 atom stereocenters. The number of nitrogens with one attached hydrogen (secondary N) is 2. The lowest BCUT2D eigenvalue weighted by Crippen LogP contribution is -2.16. The summed E-state index contributed by atoms with van der Waals surface area (Å²) in [4.78, 5) is 30.2. The molecule has 2 amide bonds. The number of amides is 2. The molecule has 0 fully saturated rings. The van der Waals surface area contributed by atoms with Gasteiger partial charge in [0.2, 0.25) is 5.91 Å². The topological polar surface area (TPSA) is 120 Å². The van der Waals surface area contributed by atoms with Gasteiger partial charge in [-0.05, 0) is 67.1 Å². The third-order valence-electron chi connectivity index (χ3n) is 6.30. The average molecular weight is 581 g/mol. The standard InChI is InChI=1S/C31H28N6O4S/c1-20-17-26(27(41-3)18-25(20)34-30(39)21-9-5-4-6-10-21)33-28(38)19-42-31-36-35-29(24-11-7-8-16-32-24)37(31)22-12-14-23(40-2)15-13-22/h4-18H,19H2,1-3H3,(H,33,38)(H,34,39). The number of aryl methyl sites for hydroxylation is 1. The number of pyridine rings is 1. The van der Waals surface area contributed by atoms with Gasteiger partial charge in [0.15, 0.2) is 11.0 Å². The van der Waals surface area contributed by atoms with E-state index in [2.05, 4.69) is 25.8 Å². The predicted octanol–water partition coefficient (Wildman–Crippen LogP) is 5.64. The molecule has 212 valence electrons. The maximum Gasteiger partial charge on any atom is 0.255 e. The summed E-state index contributed by atoms with van der Waals surface area (Å²) in [5, 5.41) is 15.1. The van der Waals surface area contributed by atoms with Crippen molar-refractivity contribution in [2.45, 2.75) is 12.1 Å². The van der Waals surface area contributed by atoms with E-state index >= 15 is 0 Å². The molecule has 10 nitrogen and oxygen atoms in total. The van der Waals surface area contributed by atoms with Gasteiger partial charge in [0.1, 0.15) is 17.2 Å². The van der Waals surface area contributed by atoms with E-state index in [1.807, 2.05) is 60.0 Å². The van der Waals surface area contributed by atoms with Crippen molar-refractivity contribution in [2.24, 2.45) is 0 Å². The van der Waals surface area contributed by atoms with Crippen molar-refractivity contribution in [3.05, 3.63) is 102 Å². The fourth-order valence-electron chi connectivity index (χ4n) is 4.18. The fraction of sp³-hybridized carbons (Fsp3) is 0.129. The van der Waals surface area contributed by atoms with Crippen LogP contribution < -0.4 is 20.1 Å². The third kappa shape index (κ3) is 6.42. The van der Waals surface area contributed by atoms with Gasteiger partial charge in [0.25, 0.3) is 5.91 Å². The quantitative estimate of drug-likeness (QED) is 0.204. The highest BCUT2D eigenvalue weighted by Gasteiger charge is 2.19. The van der Waals surface area contributed by atoms with Gasteiger partial charge in [-0.1, -0.05) is 36.0 Å². The Balaban J connectivity index is 1.33. The number of anilines is 2. The number of benzene rings is 3. The molecule has 2 N–H and O–H groups in total. The highest BCUT2D eigenvalue weighted by Crippen LogP contribution is 2.33. The number of aromatic nitrogens is 4. The SMILES string of the molecule is COc1ccc(-n2c(SCC(=O)Nc3cc(C)c(NC(=O)c4ccccc4)cc3OC)nnc2-c2ccccn2)cc1. The Morgan fingerprint density at radius 3 is 2.31 bits per heavy atom. The number of carbonyl (C=O) groups is 2. The van der Waals surface area contributed by atoms with Crippen molar-refractivity contribution in [1.29, 1.82) is 0 Å². The second kappa shape index (κ2) is 13.0. The van der Waals surface area contributed by atoms with Crippen LogP contribution in [0.15, 0.2) is 96.3 Å². The van der Waals surface area contributed by atoms with Gasteiger partial charge in [-0.25, -0.2) is 0 Å². The highest BCUT2D eigenvalue weighted by atomic mass is 32.2. The molecule has 11 heteroatoms. The van der Waals surface area contributed by atoms with Crippen LogP contribution in [0, 0.1) is 6.92 Å². The molecule has 0 aliphatic rings. The normalized spacial score (nSPS) is 10.6. The van der Waals surface area contributed by atoms with Crippen molar-refractivity contribution in [3.63, 3.8) is 0 Å². The minimum absolute atomic E-state index is 0.0607. The van der Waals surface area contributed by atoms with Crippen molar-refractivity contribution in [2.75, 3.05) is 30.6 Å². The maximum atomic E-state index is 13.1. The number of rotatable bonds is 10. The molecule has 42 heavy (non-hydrogen) atoms. The molecule has 0 radical (unpaired) electrons. The Morgan fingerprint density at radius 2 is 1.62 bits per heavy atom. The van der Waals surface area contributed by atoms with Crippen LogP contribution in [0.4, 0.5) is 11.4 Å². The molecule has 5 aromatic rings. The van der Waals surface area contributed by atoms with Gasteiger partial charge in [0.05, 0.1) is 31.3 Å². The van der Waals surface area contributed by atoms with E-state index < -0.39 is 0 Å². The van der Waals surface area contributed by atoms with Gasteiger partial charge in [0, 0.05) is 23.5 Å². The lowest BCUT2D eigenvalue weighted by Gasteiger charge is -2.15. The molecule has 0 bridgehead atoms. The second-order valence-electron chi connectivity index (χ2n) is 9.08. The van der Waals surface area contributed by atoms with E-state index in [1.165, 1.54) is 18.9 Å². The average Bonchev–Trinajstić information content (AvgIpc) is 3.46. The number of carbonyl (C=O) groups excluding carboxylic acids is 2. The first kappa shape index (κ1) is 28.4.